The highest BCUT2D eigenvalue weighted by Crippen LogP contribution is 2.49. The third kappa shape index (κ3) is 5.07. The van der Waals surface area contributed by atoms with Crippen molar-refractivity contribution in [2.24, 2.45) is 5.41 Å². The van der Waals surface area contributed by atoms with E-state index >= 15 is 0 Å². The number of hydrogen-bond donors (Lipinski definition) is 1. The molecule has 0 radical (unpaired) electrons. The lowest BCUT2D eigenvalue weighted by Crippen LogP contribution is -2.60. The number of ether oxygens (including phenoxy) is 1. The summed E-state index contributed by atoms with van der Waals surface area (Å²) < 4.78 is 5.48. The highest BCUT2D eigenvalue weighted by molar-refractivity contribution is 7.96. The van der Waals surface area contributed by atoms with E-state index in [-0.39, 0.29) is 18.3 Å². The molecule has 1 heterocycles. The highest BCUT2D eigenvalue weighted by atomic mass is 31.2. The van der Waals surface area contributed by atoms with Crippen molar-refractivity contribution >= 4 is 52.0 Å². The van der Waals surface area contributed by atoms with Crippen LogP contribution in [0.25, 0.3) is 0 Å². The summed E-state index contributed by atoms with van der Waals surface area (Å²) in [6, 6.07) is 27.3. The maximum Gasteiger partial charge on any atom is 0.363 e. The lowest BCUT2D eigenvalue weighted by molar-refractivity contribution is -0.163. The number of nitrogens with zero attached hydrogens (tertiary/aromatic N) is 1. The Morgan fingerprint density at radius 1 is 0.842 bits per heavy atom. The minimum absolute atomic E-state index is 0.00111. The van der Waals surface area contributed by atoms with E-state index in [0.717, 1.165) is 15.9 Å². The molecule has 3 aromatic carbocycles. The van der Waals surface area contributed by atoms with Crippen molar-refractivity contribution in [2.75, 3.05) is 0 Å². The first-order valence-electron chi connectivity index (χ1n) is 12.3. The number of benzene rings is 3. The Kier molecular flexibility index (Phi) is 7.70. The molecular formula is C30H30NO6P. The number of carboxylic acids is 1. The standard InChI is InChI=1S/C30H30NO6P/c1-30(2,3)29(36)37-28(35)27(31-21(19-25(31)32)20-26(33)34)38(22-13-7-4-8-14-22,23-15-9-5-10-16-23)24-17-11-6-12-18-24/h4-18,21H,19-20H2,1-3H3,(H,33,34). The van der Waals surface area contributed by atoms with Gasteiger partial charge < -0.3 is 14.7 Å². The summed E-state index contributed by atoms with van der Waals surface area (Å²) in [7, 11) is 0. The van der Waals surface area contributed by atoms with Crippen molar-refractivity contribution in [3.63, 3.8) is 0 Å². The number of esters is 2. The molecule has 0 aliphatic carbocycles. The molecule has 1 N–H and O–H groups in total. The van der Waals surface area contributed by atoms with Crippen LogP contribution in [0.5, 0.6) is 0 Å². The summed E-state index contributed by atoms with van der Waals surface area (Å²) in [5, 5.41) is 11.9. The Morgan fingerprint density at radius 3 is 1.61 bits per heavy atom. The molecule has 3 aromatic rings. The first-order valence-corrected chi connectivity index (χ1v) is 14.1. The second kappa shape index (κ2) is 10.8. The van der Waals surface area contributed by atoms with Gasteiger partial charge in [-0.1, -0.05) is 91.0 Å². The molecule has 196 valence electrons. The van der Waals surface area contributed by atoms with E-state index in [1.807, 2.05) is 91.0 Å². The molecule has 0 bridgehead atoms. The summed E-state index contributed by atoms with van der Waals surface area (Å²) in [5.74, 6) is -3.17. The van der Waals surface area contributed by atoms with Gasteiger partial charge in [-0.25, -0.2) is 4.79 Å². The van der Waals surface area contributed by atoms with Crippen molar-refractivity contribution in [1.82, 2.24) is 4.90 Å². The van der Waals surface area contributed by atoms with Gasteiger partial charge in [0.05, 0.1) is 17.9 Å². The van der Waals surface area contributed by atoms with Crippen LogP contribution in [0.1, 0.15) is 33.6 Å². The SMILES string of the molecule is CC(C)(C)C(=O)OC(=O)C(N1C(=O)CC1CC(=O)O)=P(c1ccccc1)(c1ccccc1)c1ccccc1. The van der Waals surface area contributed by atoms with Crippen molar-refractivity contribution in [3.8, 4) is 0 Å². The topological polar surface area (TPSA) is 101 Å². The van der Waals surface area contributed by atoms with Crippen LogP contribution in [-0.4, -0.2) is 45.3 Å². The zero-order valence-corrected chi connectivity index (χ0v) is 22.4. The molecule has 0 aromatic heterocycles. The number of carbonyl (C=O) groups is 4. The fraction of sp³-hybridized carbons (Fsp3) is 0.233. The fourth-order valence-electron chi connectivity index (χ4n) is 4.59. The summed E-state index contributed by atoms with van der Waals surface area (Å²) in [4.78, 5) is 53.3. The Hall–Kier alpha value is -3.96. The van der Waals surface area contributed by atoms with Gasteiger partial charge in [-0.05, 0) is 36.7 Å². The summed E-state index contributed by atoms with van der Waals surface area (Å²) in [6.07, 6.45) is -0.358. The number of hydrogen-bond acceptors (Lipinski definition) is 5. The molecule has 1 unspecified atom stereocenters. The van der Waals surface area contributed by atoms with E-state index in [1.54, 1.807) is 20.8 Å². The zero-order valence-electron chi connectivity index (χ0n) is 21.5. The molecule has 1 aliphatic heterocycles. The summed E-state index contributed by atoms with van der Waals surface area (Å²) in [5.41, 5.74) is -0.978. The highest BCUT2D eigenvalue weighted by Gasteiger charge is 2.48. The smallest absolute Gasteiger partial charge is 0.363 e. The molecule has 0 saturated carbocycles. The molecular weight excluding hydrogens is 501 g/mol. The van der Waals surface area contributed by atoms with Gasteiger partial charge in [0.25, 0.3) is 0 Å². The third-order valence-electron chi connectivity index (χ3n) is 6.41. The van der Waals surface area contributed by atoms with Crippen LogP contribution in [0.4, 0.5) is 0 Å². The maximum absolute atomic E-state index is 14.2. The van der Waals surface area contributed by atoms with Gasteiger partial charge in [0.1, 0.15) is 5.42 Å². The van der Waals surface area contributed by atoms with Crippen LogP contribution >= 0.6 is 6.89 Å². The lowest BCUT2D eigenvalue weighted by Gasteiger charge is -2.44. The van der Waals surface area contributed by atoms with Gasteiger partial charge in [0.15, 0.2) is 0 Å². The predicted molar refractivity (Wildman–Crippen MR) is 148 cm³/mol. The van der Waals surface area contributed by atoms with Gasteiger partial charge in [-0.15, -0.1) is 0 Å². The monoisotopic (exact) mass is 531 g/mol. The van der Waals surface area contributed by atoms with Crippen LogP contribution in [-0.2, 0) is 23.9 Å². The van der Waals surface area contributed by atoms with E-state index in [4.69, 9.17) is 4.74 Å². The minimum atomic E-state index is -3.17. The van der Waals surface area contributed by atoms with E-state index in [9.17, 15) is 24.3 Å². The number of β-lactam (4-membered cyclic amide) rings is 1. The second-order valence-electron chi connectivity index (χ2n) is 10.1. The number of likely N-dealkylation sites (tertiary alicyclic amines) is 1. The van der Waals surface area contributed by atoms with Crippen LogP contribution in [0, 0.1) is 5.41 Å². The molecule has 1 fully saturated rings. The van der Waals surface area contributed by atoms with Crippen molar-refractivity contribution in [3.05, 3.63) is 91.0 Å². The van der Waals surface area contributed by atoms with Crippen molar-refractivity contribution in [1.29, 1.82) is 0 Å². The lowest BCUT2D eigenvalue weighted by atomic mass is 9.97. The van der Waals surface area contributed by atoms with Gasteiger partial charge in [0.2, 0.25) is 5.91 Å². The van der Waals surface area contributed by atoms with Crippen LogP contribution in [0.15, 0.2) is 91.0 Å². The number of rotatable bonds is 7. The number of amides is 1. The quantitative estimate of drug-likeness (QED) is 0.217. The van der Waals surface area contributed by atoms with Crippen molar-refractivity contribution in [2.45, 2.75) is 39.7 Å². The fourth-order valence-corrected chi connectivity index (χ4v) is 8.99. The normalized spacial score (nSPS) is 15.4. The van der Waals surface area contributed by atoms with Gasteiger partial charge in [-0.3, -0.25) is 14.4 Å². The van der Waals surface area contributed by atoms with E-state index < -0.39 is 42.2 Å². The summed E-state index contributed by atoms with van der Waals surface area (Å²) in [6.45, 7) is 1.75. The maximum atomic E-state index is 14.2. The largest absolute Gasteiger partial charge is 0.481 e. The van der Waals surface area contributed by atoms with E-state index in [2.05, 4.69) is 0 Å². The van der Waals surface area contributed by atoms with Gasteiger partial charge in [0, 0.05) is 13.3 Å². The molecule has 1 saturated heterocycles. The molecule has 4 rings (SSSR count). The first-order chi connectivity index (χ1) is 18.1. The van der Waals surface area contributed by atoms with Crippen LogP contribution in [0.2, 0.25) is 0 Å². The van der Waals surface area contributed by atoms with Gasteiger partial charge in [-0.2, -0.15) is 0 Å². The summed E-state index contributed by atoms with van der Waals surface area (Å²) >= 11 is 0. The van der Waals surface area contributed by atoms with E-state index in [0.29, 0.717) is 0 Å². The Balaban J connectivity index is 2.19. The van der Waals surface area contributed by atoms with Crippen LogP contribution < -0.4 is 15.9 Å². The number of carbonyl (C=O) groups excluding carboxylic acids is 3. The Labute approximate surface area is 222 Å². The zero-order chi connectivity index (χ0) is 27.5. The molecule has 38 heavy (non-hydrogen) atoms. The van der Waals surface area contributed by atoms with Crippen LogP contribution in [0.3, 0.4) is 0 Å². The molecule has 7 nitrogen and oxygen atoms in total. The average Bonchev–Trinajstić information content (AvgIpc) is 2.89. The Morgan fingerprint density at radius 2 is 1.26 bits per heavy atom. The number of carboxylic acid groups (broad SMARTS) is 1. The number of aliphatic carboxylic acids is 1. The minimum Gasteiger partial charge on any atom is -0.481 e. The predicted octanol–water partition coefficient (Wildman–Crippen LogP) is 3.30. The molecule has 8 heteroatoms. The Bertz CT molecular complexity index is 1310. The average molecular weight is 532 g/mol. The molecule has 0 spiro atoms. The second-order valence-corrected chi connectivity index (χ2v) is 13.5. The molecule has 1 amide bonds. The van der Waals surface area contributed by atoms with E-state index in [1.165, 1.54) is 4.90 Å². The van der Waals surface area contributed by atoms with Crippen molar-refractivity contribution < 1.29 is 29.0 Å². The molecule has 1 aliphatic rings. The van der Waals surface area contributed by atoms with Gasteiger partial charge >= 0.3 is 17.9 Å². The molecule has 1 atom stereocenters. The first kappa shape index (κ1) is 27.1. The third-order valence-corrected chi connectivity index (χ3v) is 10.7.